The summed E-state index contributed by atoms with van der Waals surface area (Å²) in [5, 5.41) is 3.42. The number of imidazole rings is 1. The van der Waals surface area contributed by atoms with E-state index in [4.69, 9.17) is 9.72 Å². The number of benzene rings is 2. The van der Waals surface area contributed by atoms with Gasteiger partial charge in [0.25, 0.3) is 5.91 Å². The lowest BCUT2D eigenvalue weighted by Gasteiger charge is -2.59. The van der Waals surface area contributed by atoms with Gasteiger partial charge in [0, 0.05) is 23.4 Å². The van der Waals surface area contributed by atoms with Gasteiger partial charge in [0.15, 0.2) is 4.96 Å². The largest absolute Gasteiger partial charge is 0.497 e. The highest BCUT2D eigenvalue weighted by Crippen LogP contribution is 2.61. The number of nitrogens with zero attached hydrogens (tertiary/aromatic N) is 2. The van der Waals surface area contributed by atoms with Crippen molar-refractivity contribution in [3.05, 3.63) is 54.2 Å². The maximum absolute atomic E-state index is 13.3. The summed E-state index contributed by atoms with van der Waals surface area (Å²) < 4.78 is 8.48. The Labute approximate surface area is 209 Å². The molecule has 4 saturated carbocycles. The minimum Gasteiger partial charge on any atom is -0.497 e. The number of ether oxygens (including phenoxy) is 1. The molecule has 0 saturated heterocycles. The molecule has 0 radical (unpaired) electrons. The van der Waals surface area contributed by atoms with Crippen LogP contribution in [0.5, 0.6) is 5.75 Å². The van der Waals surface area contributed by atoms with E-state index in [-0.39, 0.29) is 11.9 Å². The molecule has 8 rings (SSSR count). The van der Waals surface area contributed by atoms with Crippen LogP contribution in [0.4, 0.5) is 0 Å². The lowest BCUT2D eigenvalue weighted by Crippen LogP contribution is -2.55. The van der Waals surface area contributed by atoms with Gasteiger partial charge in [-0.15, -0.1) is 0 Å². The Morgan fingerprint density at radius 3 is 2.43 bits per heavy atom. The zero-order valence-corrected chi connectivity index (χ0v) is 21.1. The Kier molecular flexibility index (Phi) is 4.79. The molecular weight excluding hydrogens is 454 g/mol. The van der Waals surface area contributed by atoms with E-state index < -0.39 is 0 Å². The molecular formula is C29H31N3O2S. The molecule has 1 atom stereocenters. The van der Waals surface area contributed by atoms with Crippen LogP contribution in [0.15, 0.2) is 48.7 Å². The Morgan fingerprint density at radius 1 is 1.09 bits per heavy atom. The van der Waals surface area contributed by atoms with E-state index >= 15 is 0 Å². The predicted molar refractivity (Wildman–Crippen MR) is 140 cm³/mol. The van der Waals surface area contributed by atoms with Crippen LogP contribution in [0.25, 0.3) is 26.4 Å². The van der Waals surface area contributed by atoms with Crippen molar-refractivity contribution in [1.29, 1.82) is 0 Å². The summed E-state index contributed by atoms with van der Waals surface area (Å²) in [6, 6.07) is 14.2. The van der Waals surface area contributed by atoms with E-state index in [0.717, 1.165) is 55.5 Å². The molecule has 6 heteroatoms. The van der Waals surface area contributed by atoms with Crippen LogP contribution in [0.2, 0.25) is 0 Å². The Morgan fingerprint density at radius 2 is 1.77 bits per heavy atom. The first-order valence-electron chi connectivity index (χ1n) is 12.9. The minimum absolute atomic E-state index is 0.0557. The Bertz CT molecular complexity index is 1400. The molecule has 4 aliphatic rings. The first-order valence-corrected chi connectivity index (χ1v) is 13.7. The van der Waals surface area contributed by atoms with Crippen LogP contribution in [-0.4, -0.2) is 28.4 Å². The number of hydrogen-bond acceptors (Lipinski definition) is 4. The molecule has 4 aliphatic carbocycles. The number of rotatable bonds is 5. The minimum atomic E-state index is 0.0557. The van der Waals surface area contributed by atoms with E-state index in [1.807, 2.05) is 36.4 Å². The highest BCUT2D eigenvalue weighted by Gasteiger charge is 2.53. The molecule has 1 amide bonds. The number of carbonyl (C=O) groups excluding carboxylic acids is 1. The summed E-state index contributed by atoms with van der Waals surface area (Å²) in [7, 11) is 1.67. The predicted octanol–water partition coefficient (Wildman–Crippen LogP) is 6.56. The Hall–Kier alpha value is -2.86. The average Bonchev–Trinajstić information content (AvgIpc) is 3.41. The van der Waals surface area contributed by atoms with Crippen molar-refractivity contribution in [2.24, 2.45) is 23.2 Å². The molecule has 0 spiro atoms. The number of carbonyl (C=O) groups is 1. The zero-order chi connectivity index (χ0) is 23.7. The third-order valence-electron chi connectivity index (χ3n) is 9.09. The fourth-order valence-electron chi connectivity index (χ4n) is 7.68. The standard InChI is InChI=1S/C29H31N3O2S/c1-17(29-13-18-9-19(14-29)11-20(10-18)15-29)30-27(33)22-5-8-25-26(12-22)35-28-31-24(16-32(25)28)21-3-6-23(34-2)7-4-21/h3-8,12,16-20H,9-11,13-15H2,1-2H3,(H,30,33)/t17-,18?,19?,20?,29?/m1/s1. The molecule has 2 aromatic carbocycles. The van der Waals surface area contributed by atoms with Crippen molar-refractivity contribution < 1.29 is 9.53 Å². The summed E-state index contributed by atoms with van der Waals surface area (Å²) >= 11 is 1.63. The summed E-state index contributed by atoms with van der Waals surface area (Å²) in [6.45, 7) is 2.25. The third-order valence-corrected chi connectivity index (χ3v) is 10.1. The first-order chi connectivity index (χ1) is 17.0. The lowest BCUT2D eigenvalue weighted by molar-refractivity contribution is -0.0688. The topological polar surface area (TPSA) is 55.6 Å². The quantitative estimate of drug-likeness (QED) is 0.348. The van der Waals surface area contributed by atoms with Crippen molar-refractivity contribution in [1.82, 2.24) is 14.7 Å². The molecule has 5 nitrogen and oxygen atoms in total. The summed E-state index contributed by atoms with van der Waals surface area (Å²) in [5.41, 5.74) is 4.14. The highest BCUT2D eigenvalue weighted by molar-refractivity contribution is 7.23. The summed E-state index contributed by atoms with van der Waals surface area (Å²) in [6.07, 6.45) is 10.3. The van der Waals surface area contributed by atoms with Crippen molar-refractivity contribution in [2.75, 3.05) is 7.11 Å². The number of hydrogen-bond donors (Lipinski definition) is 1. The van der Waals surface area contributed by atoms with E-state index in [1.165, 1.54) is 38.5 Å². The summed E-state index contributed by atoms with van der Waals surface area (Å²) in [5.74, 6) is 3.56. The monoisotopic (exact) mass is 485 g/mol. The molecule has 4 bridgehead atoms. The van der Waals surface area contributed by atoms with Gasteiger partial charge >= 0.3 is 0 Å². The normalized spacial score (nSPS) is 28.0. The van der Waals surface area contributed by atoms with Crippen LogP contribution in [0.1, 0.15) is 55.8 Å². The van der Waals surface area contributed by atoms with Crippen LogP contribution in [-0.2, 0) is 0 Å². The van der Waals surface area contributed by atoms with E-state index in [2.05, 4.69) is 28.9 Å². The molecule has 2 aromatic heterocycles. The van der Waals surface area contributed by atoms with Crippen LogP contribution in [0, 0.1) is 23.2 Å². The maximum atomic E-state index is 13.3. The van der Waals surface area contributed by atoms with Crippen LogP contribution in [0.3, 0.4) is 0 Å². The van der Waals surface area contributed by atoms with Gasteiger partial charge in [0.05, 0.1) is 23.0 Å². The third kappa shape index (κ3) is 3.48. The fourth-order valence-corrected chi connectivity index (χ4v) is 8.73. The molecule has 4 fully saturated rings. The van der Waals surface area contributed by atoms with E-state index in [1.54, 1.807) is 18.4 Å². The van der Waals surface area contributed by atoms with E-state index in [9.17, 15) is 4.79 Å². The van der Waals surface area contributed by atoms with Gasteiger partial charge in [-0.1, -0.05) is 11.3 Å². The number of nitrogens with one attached hydrogen (secondary N) is 1. The van der Waals surface area contributed by atoms with Gasteiger partial charge in [-0.25, -0.2) is 4.98 Å². The SMILES string of the molecule is COc1ccc(-c2cn3c(n2)sc2cc(C(=O)N[C@H](C)C45CC6CC(CC(C6)C4)C5)ccc23)cc1. The number of methoxy groups -OCH3 is 1. The second-order valence-electron chi connectivity index (χ2n) is 11.3. The zero-order valence-electron chi connectivity index (χ0n) is 20.3. The number of thiazole rings is 1. The van der Waals surface area contributed by atoms with Crippen molar-refractivity contribution in [3.8, 4) is 17.0 Å². The van der Waals surface area contributed by atoms with Gasteiger partial charge in [-0.05, 0) is 111 Å². The molecule has 35 heavy (non-hydrogen) atoms. The maximum Gasteiger partial charge on any atom is 0.251 e. The van der Waals surface area contributed by atoms with E-state index in [0.29, 0.717) is 5.41 Å². The van der Waals surface area contributed by atoms with Crippen molar-refractivity contribution in [3.63, 3.8) is 0 Å². The van der Waals surface area contributed by atoms with Crippen molar-refractivity contribution >= 4 is 32.4 Å². The highest BCUT2D eigenvalue weighted by atomic mass is 32.1. The number of aromatic nitrogens is 2. The molecule has 0 aliphatic heterocycles. The van der Waals surface area contributed by atoms with Gasteiger partial charge in [0.2, 0.25) is 0 Å². The summed E-state index contributed by atoms with van der Waals surface area (Å²) in [4.78, 5) is 19.1. The molecule has 180 valence electrons. The molecule has 2 heterocycles. The van der Waals surface area contributed by atoms with Crippen molar-refractivity contribution in [2.45, 2.75) is 51.5 Å². The first kappa shape index (κ1) is 21.4. The van der Waals surface area contributed by atoms with Gasteiger partial charge < -0.3 is 10.1 Å². The number of amides is 1. The second kappa shape index (κ2) is 7.82. The average molecular weight is 486 g/mol. The molecule has 4 aromatic rings. The second-order valence-corrected chi connectivity index (χ2v) is 12.3. The number of fused-ring (bicyclic) bond motifs is 3. The van der Waals surface area contributed by atoms with Crippen LogP contribution >= 0.6 is 11.3 Å². The van der Waals surface area contributed by atoms with Gasteiger partial charge in [-0.2, -0.15) is 0 Å². The van der Waals surface area contributed by atoms with Crippen LogP contribution < -0.4 is 10.1 Å². The van der Waals surface area contributed by atoms with Gasteiger partial charge in [-0.3, -0.25) is 9.20 Å². The fraction of sp³-hybridized carbons (Fsp3) is 0.448. The molecule has 1 N–H and O–H groups in total. The van der Waals surface area contributed by atoms with Gasteiger partial charge in [0.1, 0.15) is 5.75 Å². The lowest BCUT2D eigenvalue weighted by atomic mass is 9.48. The molecule has 0 unspecified atom stereocenters. The Balaban J connectivity index is 1.12. The smallest absolute Gasteiger partial charge is 0.251 e.